The van der Waals surface area contributed by atoms with Gasteiger partial charge in [-0.1, -0.05) is 6.08 Å². The van der Waals surface area contributed by atoms with Crippen molar-refractivity contribution in [2.45, 2.75) is 6.04 Å². The van der Waals surface area contributed by atoms with E-state index < -0.39 is 0 Å². The topological polar surface area (TPSA) is 9.23 Å². The van der Waals surface area contributed by atoms with Crippen LogP contribution in [0.25, 0.3) is 0 Å². The summed E-state index contributed by atoms with van der Waals surface area (Å²) in [6.45, 7) is 3.56. The standard InChI is InChI=1S/C3H9OSi2/c1-2-3-6-4-5/h2H,1,3,5-6H2. The molecule has 0 atom stereocenters. The second-order valence-corrected chi connectivity index (χ2v) is 3.60. The third-order valence-corrected chi connectivity index (χ3v) is 2.26. The van der Waals surface area contributed by atoms with E-state index in [1.54, 1.807) is 10.5 Å². The van der Waals surface area contributed by atoms with Crippen molar-refractivity contribution >= 4 is 20.2 Å². The summed E-state index contributed by atoms with van der Waals surface area (Å²) < 4.78 is 4.88. The summed E-state index contributed by atoms with van der Waals surface area (Å²) in [6, 6.07) is 1.10. The Morgan fingerprint density at radius 3 is 2.83 bits per heavy atom. The summed E-state index contributed by atoms with van der Waals surface area (Å²) in [5.74, 6) is 0. The lowest BCUT2D eigenvalue weighted by Crippen LogP contribution is -1.89. The number of hydrogen-bond donors (Lipinski definition) is 0. The van der Waals surface area contributed by atoms with Crippen molar-refractivity contribution in [3.05, 3.63) is 12.7 Å². The van der Waals surface area contributed by atoms with Crippen molar-refractivity contribution in [3.8, 4) is 0 Å². The third kappa shape index (κ3) is 4.13. The molecular formula is C3H9OSi2. The Hall–Kier alpha value is 0.134. The molecule has 0 aliphatic rings. The zero-order chi connectivity index (χ0) is 4.83. The SMILES string of the molecule is C=CC[SiH2]O[SiH2]. The molecule has 0 aromatic rings. The molecule has 0 aliphatic carbocycles. The highest BCUT2D eigenvalue weighted by atomic mass is 28.3. The Kier molecular flexibility index (Phi) is 5.25. The fourth-order valence-electron chi connectivity index (χ4n) is 0.167. The molecule has 35 valence electrons. The lowest BCUT2D eigenvalue weighted by molar-refractivity contribution is 0.666. The van der Waals surface area contributed by atoms with Crippen LogP contribution in [0, 0.1) is 0 Å². The van der Waals surface area contributed by atoms with E-state index in [0.29, 0.717) is 0 Å². The molecule has 0 N–H and O–H groups in total. The van der Waals surface area contributed by atoms with E-state index in [0.717, 1.165) is 6.04 Å². The summed E-state index contributed by atoms with van der Waals surface area (Å²) in [5, 5.41) is 0. The molecule has 1 nitrogen and oxygen atoms in total. The van der Waals surface area contributed by atoms with Crippen LogP contribution in [-0.4, -0.2) is 20.2 Å². The van der Waals surface area contributed by atoms with Crippen LogP contribution in [0.2, 0.25) is 6.04 Å². The minimum absolute atomic E-state index is 0.184. The zero-order valence-electron chi connectivity index (χ0n) is 3.81. The summed E-state index contributed by atoms with van der Waals surface area (Å²) in [4.78, 5) is 0. The quantitative estimate of drug-likeness (QED) is 0.268. The monoisotopic (exact) mass is 117 g/mol. The Morgan fingerprint density at radius 1 is 2.00 bits per heavy atom. The zero-order valence-corrected chi connectivity index (χ0v) is 6.64. The highest BCUT2D eigenvalue weighted by molar-refractivity contribution is 6.34. The van der Waals surface area contributed by atoms with Crippen LogP contribution in [0.15, 0.2) is 12.7 Å². The van der Waals surface area contributed by atoms with E-state index >= 15 is 0 Å². The fourth-order valence-corrected chi connectivity index (χ4v) is 1.00. The van der Waals surface area contributed by atoms with Crippen LogP contribution in [-0.2, 0) is 4.12 Å². The van der Waals surface area contributed by atoms with E-state index in [1.807, 2.05) is 6.08 Å². The van der Waals surface area contributed by atoms with Gasteiger partial charge in [-0.05, 0) is 6.04 Å². The normalized spacial score (nSPS) is 10.2. The molecule has 0 unspecified atom stereocenters. The van der Waals surface area contributed by atoms with Crippen molar-refractivity contribution in [2.75, 3.05) is 0 Å². The summed E-state index contributed by atoms with van der Waals surface area (Å²) in [6.07, 6.45) is 1.90. The van der Waals surface area contributed by atoms with Crippen LogP contribution in [0.3, 0.4) is 0 Å². The van der Waals surface area contributed by atoms with Gasteiger partial charge in [-0.3, -0.25) is 0 Å². The molecule has 0 saturated carbocycles. The molecule has 0 aromatic carbocycles. The second kappa shape index (κ2) is 5.13. The van der Waals surface area contributed by atoms with E-state index in [1.165, 1.54) is 0 Å². The Balaban J connectivity index is 2.49. The van der Waals surface area contributed by atoms with E-state index in [9.17, 15) is 0 Å². The molecule has 0 rings (SSSR count). The van der Waals surface area contributed by atoms with Crippen LogP contribution in [0.5, 0.6) is 0 Å². The van der Waals surface area contributed by atoms with Gasteiger partial charge in [0.1, 0.15) is 9.76 Å². The predicted molar refractivity (Wildman–Crippen MR) is 33.2 cm³/mol. The first-order valence-corrected chi connectivity index (χ1v) is 4.05. The molecular weight excluding hydrogens is 108 g/mol. The Morgan fingerprint density at radius 2 is 2.67 bits per heavy atom. The van der Waals surface area contributed by atoms with Gasteiger partial charge in [-0.15, -0.1) is 6.58 Å². The summed E-state index contributed by atoms with van der Waals surface area (Å²) in [5.41, 5.74) is 0. The first kappa shape index (κ1) is 6.13. The van der Waals surface area contributed by atoms with Gasteiger partial charge in [0.2, 0.25) is 0 Å². The van der Waals surface area contributed by atoms with Gasteiger partial charge in [0.25, 0.3) is 0 Å². The van der Waals surface area contributed by atoms with Gasteiger partial charge in [-0.25, -0.2) is 0 Å². The van der Waals surface area contributed by atoms with Crippen molar-refractivity contribution in [2.24, 2.45) is 0 Å². The van der Waals surface area contributed by atoms with Crippen LogP contribution in [0.1, 0.15) is 0 Å². The molecule has 0 bridgehead atoms. The number of hydrogen-bond acceptors (Lipinski definition) is 1. The molecule has 0 aromatic heterocycles. The number of rotatable bonds is 3. The maximum Gasteiger partial charge on any atom is 0.157 e. The van der Waals surface area contributed by atoms with Gasteiger partial charge >= 0.3 is 0 Å². The molecule has 0 saturated heterocycles. The van der Waals surface area contributed by atoms with Crippen molar-refractivity contribution in [3.63, 3.8) is 0 Å². The molecule has 0 amide bonds. The highest BCUT2D eigenvalue weighted by Crippen LogP contribution is 1.74. The average molecular weight is 117 g/mol. The van der Waals surface area contributed by atoms with Gasteiger partial charge in [-0.2, -0.15) is 0 Å². The largest absolute Gasteiger partial charge is 0.465 e. The smallest absolute Gasteiger partial charge is 0.157 e. The second-order valence-electron chi connectivity index (χ2n) is 0.986. The van der Waals surface area contributed by atoms with E-state index in [-0.39, 0.29) is 9.76 Å². The lowest BCUT2D eigenvalue weighted by Gasteiger charge is -1.85. The molecule has 3 heteroatoms. The molecule has 0 heterocycles. The Bertz CT molecular complexity index is 37.8. The lowest BCUT2D eigenvalue weighted by atomic mass is 10.8. The van der Waals surface area contributed by atoms with Crippen LogP contribution >= 0.6 is 0 Å². The summed E-state index contributed by atoms with van der Waals surface area (Å²) in [7, 11) is 1.40. The highest BCUT2D eigenvalue weighted by Gasteiger charge is 1.72. The van der Waals surface area contributed by atoms with Crippen molar-refractivity contribution in [1.82, 2.24) is 0 Å². The first-order valence-electron chi connectivity index (χ1n) is 1.89. The maximum absolute atomic E-state index is 4.88. The Labute approximate surface area is 43.9 Å². The van der Waals surface area contributed by atoms with Gasteiger partial charge < -0.3 is 4.12 Å². The van der Waals surface area contributed by atoms with Crippen LogP contribution in [0.4, 0.5) is 0 Å². The van der Waals surface area contributed by atoms with Crippen LogP contribution < -0.4 is 0 Å². The van der Waals surface area contributed by atoms with Gasteiger partial charge in [0.05, 0.1) is 0 Å². The third-order valence-electron chi connectivity index (χ3n) is 0.466. The maximum atomic E-state index is 4.88. The average Bonchev–Trinajstić information content (AvgIpc) is 1.61. The van der Waals surface area contributed by atoms with E-state index in [2.05, 4.69) is 6.58 Å². The number of allylic oxidation sites excluding steroid dienone is 1. The summed E-state index contributed by atoms with van der Waals surface area (Å²) >= 11 is 0. The molecule has 0 aliphatic heterocycles. The predicted octanol–water partition coefficient (Wildman–Crippen LogP) is -0.761. The molecule has 6 heavy (non-hydrogen) atoms. The fraction of sp³-hybridized carbons (Fsp3) is 0.333. The minimum atomic E-state index is -0.184. The van der Waals surface area contributed by atoms with E-state index in [4.69, 9.17) is 4.12 Å². The molecule has 0 spiro atoms. The van der Waals surface area contributed by atoms with Gasteiger partial charge in [0.15, 0.2) is 10.5 Å². The van der Waals surface area contributed by atoms with Crippen molar-refractivity contribution in [1.29, 1.82) is 0 Å². The molecule has 0 fully saturated rings. The first-order chi connectivity index (χ1) is 2.91. The van der Waals surface area contributed by atoms with Gasteiger partial charge in [0, 0.05) is 0 Å². The van der Waals surface area contributed by atoms with Crippen molar-refractivity contribution < 1.29 is 4.12 Å². The molecule has 1 radical (unpaired) electrons. The minimum Gasteiger partial charge on any atom is -0.465 e.